The molecule has 0 saturated carbocycles. The number of hydrogen-bond acceptors (Lipinski definition) is 3. The lowest BCUT2D eigenvalue weighted by Crippen LogP contribution is -2.23. The molecule has 0 saturated heterocycles. The van der Waals surface area contributed by atoms with Crippen LogP contribution >= 0.6 is 0 Å². The first kappa shape index (κ1) is 12.3. The number of carbonyl (C=O) groups is 1. The third-order valence-electron chi connectivity index (χ3n) is 2.45. The maximum Gasteiger partial charge on any atom is 0.338 e. The quantitative estimate of drug-likeness (QED) is 0.770. The Morgan fingerprint density at radius 2 is 2.00 bits per heavy atom. The zero-order chi connectivity index (χ0) is 12.3. The van der Waals surface area contributed by atoms with Crippen LogP contribution in [0.2, 0.25) is 0 Å². The van der Waals surface area contributed by atoms with E-state index >= 15 is 0 Å². The highest BCUT2D eigenvalue weighted by molar-refractivity contribution is 5.90. The number of nitrogen functional groups attached to an aromatic ring is 1. The van der Waals surface area contributed by atoms with Gasteiger partial charge < -0.3 is 15.7 Å². The van der Waals surface area contributed by atoms with E-state index in [1.807, 2.05) is 18.7 Å². The van der Waals surface area contributed by atoms with E-state index in [1.165, 1.54) is 6.07 Å². The summed E-state index contributed by atoms with van der Waals surface area (Å²) in [4.78, 5) is 12.6. The van der Waals surface area contributed by atoms with Crippen LogP contribution in [0.15, 0.2) is 12.1 Å². The number of aromatic carboxylic acids is 1. The summed E-state index contributed by atoms with van der Waals surface area (Å²) >= 11 is 0. The van der Waals surface area contributed by atoms with Crippen LogP contribution in [-0.4, -0.2) is 24.2 Å². The fraction of sp³-hybridized carbons (Fsp3) is 0.364. The number of nitrogens with zero attached hydrogens (tertiary/aromatic N) is 1. The average molecular weight is 226 g/mol. The lowest BCUT2D eigenvalue weighted by Gasteiger charge is -2.23. The lowest BCUT2D eigenvalue weighted by atomic mass is 10.1. The van der Waals surface area contributed by atoms with Crippen LogP contribution in [0.1, 0.15) is 24.2 Å². The minimum Gasteiger partial charge on any atom is -0.478 e. The van der Waals surface area contributed by atoms with Crippen LogP contribution in [0.25, 0.3) is 0 Å². The summed E-state index contributed by atoms with van der Waals surface area (Å²) in [5.74, 6) is -2.07. The molecule has 0 amide bonds. The number of benzene rings is 1. The van der Waals surface area contributed by atoms with E-state index in [9.17, 15) is 9.18 Å². The predicted molar refractivity (Wildman–Crippen MR) is 61.3 cm³/mol. The predicted octanol–water partition coefficient (Wildman–Crippen LogP) is 1.95. The van der Waals surface area contributed by atoms with Crippen molar-refractivity contribution in [2.24, 2.45) is 0 Å². The number of carboxylic acids is 1. The number of rotatable bonds is 4. The van der Waals surface area contributed by atoms with Crippen molar-refractivity contribution >= 4 is 17.3 Å². The van der Waals surface area contributed by atoms with Gasteiger partial charge in [0.2, 0.25) is 0 Å². The van der Waals surface area contributed by atoms with Crippen LogP contribution in [-0.2, 0) is 0 Å². The average Bonchev–Trinajstić information content (AvgIpc) is 2.23. The molecule has 0 aliphatic rings. The highest BCUT2D eigenvalue weighted by atomic mass is 19.1. The molecule has 1 aromatic carbocycles. The van der Waals surface area contributed by atoms with Crippen LogP contribution in [0.5, 0.6) is 0 Å². The Morgan fingerprint density at radius 3 is 2.44 bits per heavy atom. The van der Waals surface area contributed by atoms with Crippen molar-refractivity contribution in [1.29, 1.82) is 0 Å². The third kappa shape index (κ3) is 2.24. The topological polar surface area (TPSA) is 66.6 Å². The molecule has 0 atom stereocenters. The number of halogens is 1. The molecule has 0 unspecified atom stereocenters. The number of nitrogens with two attached hydrogens (primary N) is 1. The number of carboxylic acid groups (broad SMARTS) is 1. The van der Waals surface area contributed by atoms with Gasteiger partial charge in [0.25, 0.3) is 0 Å². The standard InChI is InChI=1S/C11H15FN2O2/c1-3-14(4-2)10-6-8(12)7(11(15)16)5-9(10)13/h5-6H,3-4,13H2,1-2H3,(H,15,16). The minimum atomic E-state index is -1.31. The molecule has 1 aromatic rings. The summed E-state index contributed by atoms with van der Waals surface area (Å²) in [5, 5.41) is 8.72. The van der Waals surface area contributed by atoms with Crippen molar-refractivity contribution in [3.8, 4) is 0 Å². The molecule has 0 bridgehead atoms. The van der Waals surface area contributed by atoms with Gasteiger partial charge in [-0.2, -0.15) is 0 Å². The highest BCUT2D eigenvalue weighted by Gasteiger charge is 2.15. The van der Waals surface area contributed by atoms with Gasteiger partial charge in [-0.3, -0.25) is 0 Å². The van der Waals surface area contributed by atoms with Crippen LogP contribution < -0.4 is 10.6 Å². The van der Waals surface area contributed by atoms with Crippen molar-refractivity contribution in [2.75, 3.05) is 23.7 Å². The fourth-order valence-electron chi connectivity index (χ4n) is 1.58. The highest BCUT2D eigenvalue weighted by Crippen LogP contribution is 2.26. The second-order valence-corrected chi connectivity index (χ2v) is 3.37. The van der Waals surface area contributed by atoms with Gasteiger partial charge in [-0.1, -0.05) is 0 Å². The van der Waals surface area contributed by atoms with E-state index in [4.69, 9.17) is 10.8 Å². The molecular weight excluding hydrogens is 211 g/mol. The summed E-state index contributed by atoms with van der Waals surface area (Å²) < 4.78 is 13.5. The second kappa shape index (κ2) is 4.83. The molecule has 5 heteroatoms. The van der Waals surface area contributed by atoms with Crippen molar-refractivity contribution < 1.29 is 14.3 Å². The van der Waals surface area contributed by atoms with E-state index in [1.54, 1.807) is 0 Å². The van der Waals surface area contributed by atoms with Gasteiger partial charge in [0.05, 0.1) is 16.9 Å². The molecular formula is C11H15FN2O2. The molecule has 0 spiro atoms. The lowest BCUT2D eigenvalue weighted by molar-refractivity contribution is 0.0692. The van der Waals surface area contributed by atoms with E-state index in [0.717, 1.165) is 6.07 Å². The van der Waals surface area contributed by atoms with Gasteiger partial charge in [0, 0.05) is 19.2 Å². The monoisotopic (exact) mass is 226 g/mol. The summed E-state index contributed by atoms with van der Waals surface area (Å²) in [6, 6.07) is 2.33. The maximum absolute atomic E-state index is 13.5. The summed E-state index contributed by atoms with van der Waals surface area (Å²) in [6.45, 7) is 5.22. The van der Waals surface area contributed by atoms with Crippen LogP contribution in [0.4, 0.5) is 15.8 Å². The molecule has 0 fully saturated rings. The van der Waals surface area contributed by atoms with Crippen molar-refractivity contribution in [3.63, 3.8) is 0 Å². The van der Waals surface area contributed by atoms with Crippen LogP contribution in [0.3, 0.4) is 0 Å². The molecule has 1 rings (SSSR count). The second-order valence-electron chi connectivity index (χ2n) is 3.37. The minimum absolute atomic E-state index is 0.280. The van der Waals surface area contributed by atoms with Gasteiger partial charge in [-0.05, 0) is 19.9 Å². The Kier molecular flexibility index (Phi) is 3.71. The van der Waals surface area contributed by atoms with Crippen molar-refractivity contribution in [3.05, 3.63) is 23.5 Å². The van der Waals surface area contributed by atoms with Gasteiger partial charge in [0.1, 0.15) is 5.82 Å². The Balaban J connectivity index is 3.24. The molecule has 4 nitrogen and oxygen atoms in total. The van der Waals surface area contributed by atoms with E-state index in [-0.39, 0.29) is 5.69 Å². The van der Waals surface area contributed by atoms with Crippen molar-refractivity contribution in [2.45, 2.75) is 13.8 Å². The SMILES string of the molecule is CCN(CC)c1cc(F)c(C(=O)O)cc1N. The van der Waals surface area contributed by atoms with Crippen LogP contribution in [0, 0.1) is 5.82 Å². The van der Waals surface area contributed by atoms with Gasteiger partial charge in [-0.15, -0.1) is 0 Å². The third-order valence-corrected chi connectivity index (χ3v) is 2.45. The van der Waals surface area contributed by atoms with Gasteiger partial charge in [0.15, 0.2) is 0 Å². The first-order valence-corrected chi connectivity index (χ1v) is 5.08. The summed E-state index contributed by atoms with van der Waals surface area (Å²) in [7, 11) is 0. The zero-order valence-electron chi connectivity index (χ0n) is 9.33. The van der Waals surface area contributed by atoms with Gasteiger partial charge >= 0.3 is 5.97 Å². The zero-order valence-corrected chi connectivity index (χ0v) is 9.33. The first-order valence-electron chi connectivity index (χ1n) is 5.08. The number of hydrogen-bond donors (Lipinski definition) is 2. The Labute approximate surface area is 93.5 Å². The summed E-state index contributed by atoms with van der Waals surface area (Å²) in [5.41, 5.74) is 6.13. The van der Waals surface area contributed by atoms with E-state index in [0.29, 0.717) is 18.8 Å². The fourth-order valence-corrected chi connectivity index (χ4v) is 1.58. The van der Waals surface area contributed by atoms with Crippen molar-refractivity contribution in [1.82, 2.24) is 0 Å². The normalized spacial score (nSPS) is 10.2. The van der Waals surface area contributed by atoms with Gasteiger partial charge in [-0.25, -0.2) is 9.18 Å². The number of anilines is 2. The largest absolute Gasteiger partial charge is 0.478 e. The Hall–Kier alpha value is -1.78. The molecule has 0 aliphatic heterocycles. The molecule has 3 N–H and O–H groups in total. The molecule has 0 aromatic heterocycles. The maximum atomic E-state index is 13.5. The first-order chi connectivity index (χ1) is 7.51. The molecule has 0 aliphatic carbocycles. The summed E-state index contributed by atoms with van der Waals surface area (Å²) in [6.07, 6.45) is 0. The van der Waals surface area contributed by atoms with E-state index < -0.39 is 17.3 Å². The molecule has 0 heterocycles. The van der Waals surface area contributed by atoms with E-state index in [2.05, 4.69) is 0 Å². The smallest absolute Gasteiger partial charge is 0.338 e. The molecule has 88 valence electrons. The molecule has 16 heavy (non-hydrogen) atoms. The Morgan fingerprint density at radius 1 is 1.44 bits per heavy atom. The molecule has 0 radical (unpaired) electrons. The Bertz CT molecular complexity index is 403.